The van der Waals surface area contributed by atoms with Crippen LogP contribution in [-0.2, 0) is 19.1 Å². The van der Waals surface area contributed by atoms with Gasteiger partial charge in [-0.25, -0.2) is 19.0 Å². The van der Waals surface area contributed by atoms with Crippen LogP contribution in [-0.4, -0.2) is 22.7 Å². The molecule has 1 N–H and O–H groups in total. The minimum atomic E-state index is -1.32. The molecule has 0 aromatic carbocycles. The van der Waals surface area contributed by atoms with Gasteiger partial charge in [-0.15, -0.1) is 0 Å². The number of hydrogen-bond donors (Lipinski definition) is 1. The molecular formula is C12H10ClFN2O4. The second-order valence-corrected chi connectivity index (χ2v) is 4.70. The van der Waals surface area contributed by atoms with E-state index in [2.05, 4.69) is 10.3 Å². The molecule has 1 aromatic heterocycles. The number of rotatable bonds is 2. The van der Waals surface area contributed by atoms with Crippen molar-refractivity contribution >= 4 is 29.2 Å². The van der Waals surface area contributed by atoms with Crippen LogP contribution >= 0.6 is 11.6 Å². The Morgan fingerprint density at radius 3 is 2.55 bits per heavy atom. The lowest BCUT2D eigenvalue weighted by Crippen LogP contribution is -2.42. The van der Waals surface area contributed by atoms with Gasteiger partial charge in [-0.2, -0.15) is 0 Å². The largest absolute Gasteiger partial charge is 0.419 e. The van der Waals surface area contributed by atoms with Gasteiger partial charge in [0.05, 0.1) is 5.69 Å². The fourth-order valence-corrected chi connectivity index (χ4v) is 1.62. The molecule has 1 aliphatic heterocycles. The summed E-state index contributed by atoms with van der Waals surface area (Å²) in [5, 5.41) is 2.12. The number of aromatic nitrogens is 1. The van der Waals surface area contributed by atoms with Crippen LogP contribution in [0.25, 0.3) is 0 Å². The predicted molar refractivity (Wildman–Crippen MR) is 67.2 cm³/mol. The van der Waals surface area contributed by atoms with Gasteiger partial charge in [-0.1, -0.05) is 11.6 Å². The molecule has 1 saturated heterocycles. The SMILES string of the molecule is CC1(C)OC(=O)C(=CNc2ccnc(Cl)c2F)C(=O)O1. The Labute approximate surface area is 118 Å². The van der Waals surface area contributed by atoms with Crippen LogP contribution in [0, 0.1) is 5.82 Å². The molecule has 1 aliphatic rings. The first-order valence-corrected chi connectivity index (χ1v) is 5.91. The molecule has 106 valence electrons. The number of ether oxygens (including phenoxy) is 2. The molecule has 0 bridgehead atoms. The van der Waals surface area contributed by atoms with Gasteiger partial charge in [0.1, 0.15) is 0 Å². The molecule has 2 heterocycles. The number of pyridine rings is 1. The zero-order valence-corrected chi connectivity index (χ0v) is 11.3. The maximum atomic E-state index is 13.6. The second-order valence-electron chi connectivity index (χ2n) is 4.34. The van der Waals surface area contributed by atoms with Gasteiger partial charge in [0.25, 0.3) is 5.79 Å². The lowest BCUT2D eigenvalue weighted by molar-refractivity contribution is -0.222. The smallest absolute Gasteiger partial charge is 0.350 e. The van der Waals surface area contributed by atoms with Gasteiger partial charge < -0.3 is 14.8 Å². The van der Waals surface area contributed by atoms with Crippen LogP contribution in [0.5, 0.6) is 0 Å². The minimum Gasteiger partial charge on any atom is -0.419 e. The van der Waals surface area contributed by atoms with E-state index in [0.29, 0.717) is 0 Å². The van der Waals surface area contributed by atoms with Crippen molar-refractivity contribution in [1.29, 1.82) is 0 Å². The van der Waals surface area contributed by atoms with Crippen LogP contribution in [0.3, 0.4) is 0 Å². The number of anilines is 1. The maximum absolute atomic E-state index is 13.6. The first-order chi connectivity index (χ1) is 9.30. The lowest BCUT2D eigenvalue weighted by Gasteiger charge is -2.29. The number of carbonyl (C=O) groups excluding carboxylic acids is 2. The van der Waals surface area contributed by atoms with Gasteiger partial charge >= 0.3 is 11.9 Å². The van der Waals surface area contributed by atoms with Gasteiger partial charge in [0.15, 0.2) is 16.5 Å². The van der Waals surface area contributed by atoms with Gasteiger partial charge in [0, 0.05) is 26.2 Å². The number of esters is 2. The first kappa shape index (κ1) is 14.3. The molecule has 0 atom stereocenters. The number of nitrogens with zero attached hydrogens (tertiary/aromatic N) is 1. The molecule has 6 nitrogen and oxygen atoms in total. The molecule has 0 aliphatic carbocycles. The van der Waals surface area contributed by atoms with E-state index in [1.54, 1.807) is 0 Å². The first-order valence-electron chi connectivity index (χ1n) is 5.53. The average molecular weight is 301 g/mol. The number of halogens is 2. The summed E-state index contributed by atoms with van der Waals surface area (Å²) in [4.78, 5) is 26.8. The average Bonchev–Trinajstić information content (AvgIpc) is 2.31. The Bertz CT molecular complexity index is 593. The highest BCUT2D eigenvalue weighted by Gasteiger charge is 2.38. The highest BCUT2D eigenvalue weighted by atomic mass is 35.5. The van der Waals surface area contributed by atoms with Crippen molar-refractivity contribution in [2.75, 3.05) is 5.32 Å². The van der Waals surface area contributed by atoms with E-state index < -0.39 is 23.5 Å². The highest BCUT2D eigenvalue weighted by Crippen LogP contribution is 2.24. The summed E-state index contributed by atoms with van der Waals surface area (Å²) >= 11 is 5.50. The number of cyclic esters (lactones) is 2. The summed E-state index contributed by atoms with van der Waals surface area (Å²) < 4.78 is 23.3. The Morgan fingerprint density at radius 2 is 1.95 bits per heavy atom. The summed E-state index contributed by atoms with van der Waals surface area (Å²) in [5.74, 6) is -3.85. The van der Waals surface area contributed by atoms with Crippen molar-refractivity contribution in [3.05, 3.63) is 35.0 Å². The van der Waals surface area contributed by atoms with Crippen LogP contribution < -0.4 is 5.32 Å². The molecule has 0 spiro atoms. The number of hydrogen-bond acceptors (Lipinski definition) is 6. The van der Waals surface area contributed by atoms with Crippen molar-refractivity contribution in [1.82, 2.24) is 4.98 Å². The topological polar surface area (TPSA) is 77.5 Å². The Balaban J connectivity index is 2.22. The van der Waals surface area contributed by atoms with E-state index in [0.717, 1.165) is 6.20 Å². The van der Waals surface area contributed by atoms with E-state index in [1.165, 1.54) is 26.1 Å². The Hall–Kier alpha value is -2.15. The van der Waals surface area contributed by atoms with E-state index in [4.69, 9.17) is 21.1 Å². The molecule has 0 unspecified atom stereocenters. The quantitative estimate of drug-likeness (QED) is 0.389. The van der Waals surface area contributed by atoms with E-state index >= 15 is 0 Å². The fraction of sp³-hybridized carbons (Fsp3) is 0.250. The molecule has 2 rings (SSSR count). The van der Waals surface area contributed by atoms with Gasteiger partial charge in [0.2, 0.25) is 0 Å². The molecule has 8 heteroatoms. The number of nitrogens with one attached hydrogen (secondary N) is 1. The Kier molecular flexibility index (Phi) is 3.63. The summed E-state index contributed by atoms with van der Waals surface area (Å²) in [7, 11) is 0. The lowest BCUT2D eigenvalue weighted by atomic mass is 10.2. The zero-order chi connectivity index (χ0) is 14.9. The molecular weight excluding hydrogens is 291 g/mol. The summed E-state index contributed by atoms with van der Waals surface area (Å²) in [6, 6.07) is 1.29. The summed E-state index contributed by atoms with van der Waals surface area (Å²) in [6.45, 7) is 2.85. The summed E-state index contributed by atoms with van der Waals surface area (Å²) in [5.41, 5.74) is -0.417. The van der Waals surface area contributed by atoms with Crippen LogP contribution in [0.4, 0.5) is 10.1 Å². The third kappa shape index (κ3) is 2.88. The molecule has 0 saturated carbocycles. The van der Waals surface area contributed by atoms with Crippen molar-refractivity contribution in [3.8, 4) is 0 Å². The standard InChI is InChI=1S/C12H10ClFN2O4/c1-12(2)19-10(17)6(11(18)20-12)5-16-7-3-4-15-9(13)8(7)14/h3-5H,1-2H3,(H,15,16). The summed E-state index contributed by atoms with van der Waals surface area (Å²) in [6.07, 6.45) is 2.27. The van der Waals surface area contributed by atoms with Crippen molar-refractivity contribution in [2.24, 2.45) is 0 Å². The van der Waals surface area contributed by atoms with Crippen LogP contribution in [0.2, 0.25) is 5.15 Å². The predicted octanol–water partition coefficient (Wildman–Crippen LogP) is 2.01. The fourth-order valence-electron chi connectivity index (χ4n) is 1.46. The highest BCUT2D eigenvalue weighted by molar-refractivity contribution is 6.29. The molecule has 0 amide bonds. The monoisotopic (exact) mass is 300 g/mol. The van der Waals surface area contributed by atoms with E-state index in [-0.39, 0.29) is 16.4 Å². The van der Waals surface area contributed by atoms with Crippen molar-refractivity contribution in [2.45, 2.75) is 19.6 Å². The molecule has 0 radical (unpaired) electrons. The number of carbonyl (C=O) groups is 2. The van der Waals surface area contributed by atoms with Crippen molar-refractivity contribution in [3.63, 3.8) is 0 Å². The zero-order valence-electron chi connectivity index (χ0n) is 10.6. The van der Waals surface area contributed by atoms with Gasteiger partial charge in [-0.05, 0) is 6.07 Å². The second kappa shape index (κ2) is 5.09. The maximum Gasteiger partial charge on any atom is 0.350 e. The van der Waals surface area contributed by atoms with Gasteiger partial charge in [-0.3, -0.25) is 0 Å². The third-order valence-electron chi connectivity index (χ3n) is 2.34. The van der Waals surface area contributed by atoms with Crippen molar-refractivity contribution < 1.29 is 23.5 Å². The molecule has 1 aromatic rings. The third-order valence-corrected chi connectivity index (χ3v) is 2.60. The van der Waals surface area contributed by atoms with Crippen LogP contribution in [0.15, 0.2) is 24.0 Å². The normalized spacial score (nSPS) is 17.3. The van der Waals surface area contributed by atoms with E-state index in [1.807, 2.05) is 0 Å². The van der Waals surface area contributed by atoms with E-state index in [9.17, 15) is 14.0 Å². The Morgan fingerprint density at radius 1 is 1.35 bits per heavy atom. The minimum absolute atomic E-state index is 0.0390. The van der Waals surface area contributed by atoms with Crippen LogP contribution in [0.1, 0.15) is 13.8 Å². The molecule has 20 heavy (non-hydrogen) atoms. The molecule has 1 fully saturated rings.